The molecule has 0 aromatic heterocycles. The predicted octanol–water partition coefficient (Wildman–Crippen LogP) is 4.08. The molecule has 3 heteroatoms. The summed E-state index contributed by atoms with van der Waals surface area (Å²) >= 11 is 0. The highest BCUT2D eigenvalue weighted by molar-refractivity contribution is 7.72. The van der Waals surface area contributed by atoms with E-state index in [4.69, 9.17) is 9.05 Å². The molecule has 19 heavy (non-hydrogen) atoms. The van der Waals surface area contributed by atoms with Gasteiger partial charge in [-0.05, 0) is 30.5 Å². The van der Waals surface area contributed by atoms with E-state index in [1.54, 1.807) is 0 Å². The van der Waals surface area contributed by atoms with Gasteiger partial charge >= 0.3 is 0 Å². The summed E-state index contributed by atoms with van der Waals surface area (Å²) in [6, 6.07) is 10.2. The smallest absolute Gasteiger partial charge is 0.147 e. The zero-order valence-electron chi connectivity index (χ0n) is 12.3. The number of hydrogen-bond acceptors (Lipinski definition) is 2. The summed E-state index contributed by atoms with van der Waals surface area (Å²) in [6.45, 7) is 8.23. The molecule has 2 unspecified atom stereocenters. The Morgan fingerprint density at radius 1 is 1.21 bits per heavy atom. The second-order valence-electron chi connectivity index (χ2n) is 6.39. The zero-order valence-corrected chi connectivity index (χ0v) is 13.2. The first-order valence-electron chi connectivity index (χ1n) is 6.99. The summed E-state index contributed by atoms with van der Waals surface area (Å²) in [4.78, 5) is 0. The molecule has 1 fully saturated rings. The van der Waals surface area contributed by atoms with Gasteiger partial charge in [0.15, 0.2) is 0 Å². The first kappa shape index (κ1) is 14.8. The van der Waals surface area contributed by atoms with Crippen LogP contribution in [0.3, 0.4) is 0 Å². The lowest BCUT2D eigenvalue weighted by Gasteiger charge is -2.29. The van der Waals surface area contributed by atoms with E-state index in [9.17, 15) is 0 Å². The van der Waals surface area contributed by atoms with E-state index in [-0.39, 0.29) is 5.41 Å². The maximum atomic E-state index is 6.18. The van der Waals surface area contributed by atoms with Gasteiger partial charge in [0.2, 0.25) is 0 Å². The lowest BCUT2D eigenvalue weighted by atomic mass is 9.86. The van der Waals surface area contributed by atoms with Crippen LogP contribution >= 0.6 is 7.34 Å². The molecule has 1 aromatic rings. The van der Waals surface area contributed by atoms with E-state index in [1.807, 2.05) is 18.2 Å². The number of benzene rings is 1. The van der Waals surface area contributed by atoms with Gasteiger partial charge in [0.05, 0.1) is 13.2 Å². The van der Waals surface area contributed by atoms with E-state index in [0.717, 1.165) is 11.9 Å². The summed E-state index contributed by atoms with van der Waals surface area (Å²) in [6.07, 6.45) is 6.67. The number of hydrogen-bond donors (Lipinski definition) is 0. The van der Waals surface area contributed by atoms with Gasteiger partial charge in [-0.25, -0.2) is 0 Å². The third-order valence-corrected chi connectivity index (χ3v) is 5.89. The topological polar surface area (TPSA) is 18.5 Å². The highest BCUT2D eigenvalue weighted by atomic mass is 31.2. The van der Waals surface area contributed by atoms with Gasteiger partial charge in [0, 0.05) is 5.30 Å². The van der Waals surface area contributed by atoms with Crippen LogP contribution in [0.5, 0.6) is 0 Å². The monoisotopic (exact) mass is 280 g/mol. The van der Waals surface area contributed by atoms with Crippen LogP contribution in [0.25, 0.3) is 0 Å². The summed E-state index contributed by atoms with van der Waals surface area (Å²) in [5, 5.41) is 1.10. The molecule has 1 aliphatic rings. The Balaban J connectivity index is 2.25. The molecule has 1 aliphatic heterocycles. The Hall–Kier alpha value is -0.560. The van der Waals surface area contributed by atoms with Crippen LogP contribution in [0.2, 0.25) is 0 Å². The van der Waals surface area contributed by atoms with Gasteiger partial charge in [-0.3, -0.25) is 0 Å². The molecule has 0 amide bonds. The van der Waals surface area contributed by atoms with Gasteiger partial charge in [-0.2, -0.15) is 0 Å². The van der Waals surface area contributed by atoms with E-state index in [2.05, 4.69) is 39.2 Å². The molecule has 0 N–H and O–H groups in total. The minimum Gasteiger partial charge on any atom is -0.334 e. The van der Waals surface area contributed by atoms with Crippen LogP contribution in [0.4, 0.5) is 0 Å². The first-order valence-corrected chi connectivity index (χ1v) is 8.80. The Bertz CT molecular complexity index is 453. The van der Waals surface area contributed by atoms with Crippen molar-refractivity contribution in [2.75, 3.05) is 13.2 Å². The molecule has 0 radical (unpaired) electrons. The average Bonchev–Trinajstić information content (AvgIpc) is 2.46. The Labute approximate surface area is 117 Å². The third kappa shape index (κ3) is 3.95. The molecule has 1 aromatic carbocycles. The van der Waals surface area contributed by atoms with Gasteiger partial charge in [-0.15, -0.1) is 0 Å². The normalized spacial score (nSPS) is 32.1. The van der Waals surface area contributed by atoms with E-state index in [1.165, 1.54) is 12.8 Å². The SMILES string of the molecule is C=P1(c2ccccc2)OCC(C)CCC(C)(C)CO1. The molecule has 0 saturated carbocycles. The van der Waals surface area contributed by atoms with Gasteiger partial charge in [0.1, 0.15) is 7.34 Å². The van der Waals surface area contributed by atoms with Crippen molar-refractivity contribution < 1.29 is 9.05 Å². The largest absolute Gasteiger partial charge is 0.334 e. The minimum atomic E-state index is -2.18. The molecular weight excluding hydrogens is 255 g/mol. The second kappa shape index (κ2) is 5.83. The molecule has 2 rings (SSSR count). The van der Waals surface area contributed by atoms with Crippen molar-refractivity contribution in [1.82, 2.24) is 0 Å². The zero-order chi connectivity index (χ0) is 13.9. The summed E-state index contributed by atoms with van der Waals surface area (Å²) in [7, 11) is -2.18. The lowest BCUT2D eigenvalue weighted by Crippen LogP contribution is -2.20. The molecule has 0 spiro atoms. The van der Waals surface area contributed by atoms with Crippen molar-refractivity contribution in [2.45, 2.75) is 33.6 Å². The maximum absolute atomic E-state index is 6.18. The van der Waals surface area contributed by atoms with Crippen molar-refractivity contribution in [2.24, 2.45) is 11.3 Å². The third-order valence-electron chi connectivity index (χ3n) is 3.69. The fraction of sp³-hybridized carbons (Fsp3) is 0.562. The van der Waals surface area contributed by atoms with Crippen LogP contribution < -0.4 is 5.30 Å². The van der Waals surface area contributed by atoms with Gasteiger partial charge in [0.25, 0.3) is 0 Å². The van der Waals surface area contributed by atoms with E-state index >= 15 is 0 Å². The molecule has 2 nitrogen and oxygen atoms in total. The first-order chi connectivity index (χ1) is 8.91. The van der Waals surface area contributed by atoms with Crippen molar-refractivity contribution in [3.63, 3.8) is 0 Å². The van der Waals surface area contributed by atoms with Crippen molar-refractivity contribution in [1.29, 1.82) is 0 Å². The summed E-state index contributed by atoms with van der Waals surface area (Å²) in [5.41, 5.74) is 0.194. The number of rotatable bonds is 1. The Morgan fingerprint density at radius 3 is 2.58 bits per heavy atom. The highest BCUT2D eigenvalue weighted by Crippen LogP contribution is 2.49. The fourth-order valence-electron chi connectivity index (χ4n) is 2.16. The van der Waals surface area contributed by atoms with Crippen LogP contribution in [0.15, 0.2) is 30.3 Å². The predicted molar refractivity (Wildman–Crippen MR) is 84.2 cm³/mol. The molecule has 2 atom stereocenters. The fourth-order valence-corrected chi connectivity index (χ4v) is 4.21. The van der Waals surface area contributed by atoms with Gasteiger partial charge in [-0.1, -0.05) is 51.1 Å². The molecule has 0 bridgehead atoms. The van der Waals surface area contributed by atoms with Crippen molar-refractivity contribution >= 4 is 18.9 Å². The molecule has 1 heterocycles. The van der Waals surface area contributed by atoms with Gasteiger partial charge < -0.3 is 9.05 Å². The van der Waals surface area contributed by atoms with Crippen molar-refractivity contribution in [3.8, 4) is 0 Å². The molecule has 0 aliphatic carbocycles. The molecular formula is C16H25O2P. The second-order valence-corrected chi connectivity index (χ2v) is 8.77. The summed E-state index contributed by atoms with van der Waals surface area (Å²) < 4.78 is 12.3. The van der Waals surface area contributed by atoms with Crippen LogP contribution in [0, 0.1) is 11.3 Å². The highest BCUT2D eigenvalue weighted by Gasteiger charge is 2.28. The van der Waals surface area contributed by atoms with Crippen molar-refractivity contribution in [3.05, 3.63) is 30.3 Å². The molecule has 106 valence electrons. The van der Waals surface area contributed by atoms with E-state index in [0.29, 0.717) is 12.5 Å². The Morgan fingerprint density at radius 2 is 1.89 bits per heavy atom. The van der Waals surface area contributed by atoms with Crippen LogP contribution in [-0.4, -0.2) is 19.5 Å². The standard InChI is InChI=1S/C16H25O2P/c1-14-10-11-16(2,3)13-18-19(4,17-12-14)15-8-6-5-7-9-15/h5-9,14H,4,10-13H2,1-3H3. The van der Waals surface area contributed by atoms with Crippen LogP contribution in [0.1, 0.15) is 33.6 Å². The summed E-state index contributed by atoms with van der Waals surface area (Å²) in [5.74, 6) is 0.561. The molecule has 1 saturated heterocycles. The lowest BCUT2D eigenvalue weighted by molar-refractivity contribution is 0.171. The minimum absolute atomic E-state index is 0.194. The van der Waals surface area contributed by atoms with E-state index < -0.39 is 7.34 Å². The Kier molecular flexibility index (Phi) is 4.55. The van der Waals surface area contributed by atoms with Crippen LogP contribution in [-0.2, 0) is 9.05 Å². The quantitative estimate of drug-likeness (QED) is 0.722. The average molecular weight is 280 g/mol. The maximum Gasteiger partial charge on any atom is 0.147 e.